The molecule has 0 radical (unpaired) electrons. The normalized spacial score (nSPS) is 22.7. The first-order chi connectivity index (χ1) is 13.9. The fourth-order valence-electron chi connectivity index (χ4n) is 4.20. The van der Waals surface area contributed by atoms with E-state index in [4.69, 9.17) is 9.47 Å². The Bertz CT molecular complexity index is 862. The van der Waals surface area contributed by atoms with Crippen LogP contribution in [0.25, 0.3) is 0 Å². The van der Waals surface area contributed by atoms with Crippen molar-refractivity contribution in [1.29, 1.82) is 0 Å². The van der Waals surface area contributed by atoms with E-state index in [1.165, 1.54) is 14.2 Å². The third-order valence-corrected chi connectivity index (χ3v) is 5.78. The van der Waals surface area contributed by atoms with Crippen LogP contribution in [-0.2, 0) is 0 Å². The molecule has 9 heteroatoms. The van der Waals surface area contributed by atoms with Crippen LogP contribution in [0.4, 0.5) is 19.0 Å². The number of benzene rings is 1. The van der Waals surface area contributed by atoms with Crippen molar-refractivity contribution in [3.8, 4) is 11.5 Å². The van der Waals surface area contributed by atoms with Gasteiger partial charge in [-0.25, -0.2) is 4.68 Å². The molecule has 2 atom stereocenters. The molecule has 0 unspecified atom stereocenters. The molecule has 158 valence electrons. The van der Waals surface area contributed by atoms with E-state index in [0.29, 0.717) is 22.9 Å². The SMILES string of the molecule is COc1ccc([C@@H]2C[C@H](C(F)(F)F)n3nc(C4CCNCC4)cc3N2)cc1OC. The minimum Gasteiger partial charge on any atom is -0.493 e. The third kappa shape index (κ3) is 3.88. The molecular weight excluding hydrogens is 385 g/mol. The smallest absolute Gasteiger partial charge is 0.410 e. The maximum absolute atomic E-state index is 13.9. The van der Waals surface area contributed by atoms with Crippen LogP contribution < -0.4 is 20.1 Å². The van der Waals surface area contributed by atoms with Gasteiger partial charge in [0.15, 0.2) is 17.5 Å². The largest absolute Gasteiger partial charge is 0.493 e. The number of ether oxygens (including phenoxy) is 2. The Morgan fingerprint density at radius 1 is 1.07 bits per heavy atom. The minimum atomic E-state index is -4.39. The summed E-state index contributed by atoms with van der Waals surface area (Å²) in [5.41, 5.74) is 1.45. The van der Waals surface area contributed by atoms with Gasteiger partial charge in [0, 0.05) is 18.4 Å². The number of halogens is 3. The molecular formula is C20H25F3N4O2. The van der Waals surface area contributed by atoms with Crippen LogP contribution in [0, 0.1) is 0 Å². The molecule has 2 N–H and O–H groups in total. The van der Waals surface area contributed by atoms with Gasteiger partial charge in [0.25, 0.3) is 0 Å². The van der Waals surface area contributed by atoms with E-state index in [0.717, 1.165) is 36.3 Å². The highest BCUT2D eigenvalue weighted by Crippen LogP contribution is 2.45. The number of piperidine rings is 1. The summed E-state index contributed by atoms with van der Waals surface area (Å²) in [4.78, 5) is 0. The van der Waals surface area contributed by atoms with E-state index in [9.17, 15) is 13.2 Å². The topological polar surface area (TPSA) is 60.3 Å². The highest BCUT2D eigenvalue weighted by molar-refractivity contribution is 5.48. The van der Waals surface area contributed by atoms with Crippen molar-refractivity contribution in [2.45, 2.75) is 43.4 Å². The van der Waals surface area contributed by atoms with Crippen molar-refractivity contribution >= 4 is 5.82 Å². The van der Waals surface area contributed by atoms with Gasteiger partial charge < -0.3 is 20.1 Å². The maximum atomic E-state index is 13.9. The van der Waals surface area contributed by atoms with Gasteiger partial charge in [-0.15, -0.1) is 0 Å². The zero-order valence-electron chi connectivity index (χ0n) is 16.4. The van der Waals surface area contributed by atoms with E-state index in [1.54, 1.807) is 24.3 Å². The van der Waals surface area contributed by atoms with E-state index in [1.807, 2.05) is 0 Å². The summed E-state index contributed by atoms with van der Waals surface area (Å²) in [5.74, 6) is 1.62. The van der Waals surface area contributed by atoms with Crippen LogP contribution in [0.2, 0.25) is 0 Å². The minimum absolute atomic E-state index is 0.140. The van der Waals surface area contributed by atoms with Crippen molar-refractivity contribution in [2.75, 3.05) is 32.6 Å². The molecule has 4 rings (SSSR count). The Balaban J connectivity index is 1.68. The molecule has 0 amide bonds. The van der Waals surface area contributed by atoms with E-state index < -0.39 is 18.3 Å². The maximum Gasteiger partial charge on any atom is 0.410 e. The quantitative estimate of drug-likeness (QED) is 0.797. The zero-order valence-corrected chi connectivity index (χ0v) is 16.4. The van der Waals surface area contributed by atoms with Crippen LogP contribution in [0.15, 0.2) is 24.3 Å². The molecule has 6 nitrogen and oxygen atoms in total. The van der Waals surface area contributed by atoms with Crippen molar-refractivity contribution in [3.63, 3.8) is 0 Å². The number of fused-ring (bicyclic) bond motifs is 1. The Kier molecular flexibility index (Phi) is 5.33. The van der Waals surface area contributed by atoms with E-state index >= 15 is 0 Å². The predicted octanol–water partition coefficient (Wildman–Crippen LogP) is 4.03. The number of nitrogens with zero attached hydrogens (tertiary/aromatic N) is 2. The lowest BCUT2D eigenvalue weighted by Crippen LogP contribution is -2.35. The van der Waals surface area contributed by atoms with Gasteiger partial charge in [0.1, 0.15) is 5.82 Å². The van der Waals surface area contributed by atoms with Crippen LogP contribution in [0.3, 0.4) is 0 Å². The van der Waals surface area contributed by atoms with Gasteiger partial charge in [0.05, 0.1) is 26.0 Å². The summed E-state index contributed by atoms with van der Waals surface area (Å²) in [6, 6.07) is 4.81. The van der Waals surface area contributed by atoms with Gasteiger partial charge in [-0.3, -0.25) is 0 Å². The van der Waals surface area contributed by atoms with Crippen LogP contribution in [0.5, 0.6) is 11.5 Å². The molecule has 29 heavy (non-hydrogen) atoms. The van der Waals surface area contributed by atoms with Crippen LogP contribution in [0.1, 0.15) is 48.5 Å². The first-order valence-corrected chi connectivity index (χ1v) is 9.76. The molecule has 1 aromatic heterocycles. The Morgan fingerprint density at radius 2 is 1.79 bits per heavy atom. The molecule has 1 fully saturated rings. The zero-order chi connectivity index (χ0) is 20.6. The lowest BCUT2D eigenvalue weighted by molar-refractivity contribution is -0.173. The summed E-state index contributed by atoms with van der Waals surface area (Å²) < 4.78 is 53.3. The molecule has 2 aliphatic rings. The second-order valence-corrected chi connectivity index (χ2v) is 7.53. The summed E-state index contributed by atoms with van der Waals surface area (Å²) in [6.07, 6.45) is -2.76. The van der Waals surface area contributed by atoms with Crippen LogP contribution in [-0.4, -0.2) is 43.3 Å². The fraction of sp³-hybridized carbons (Fsp3) is 0.550. The summed E-state index contributed by atoms with van der Waals surface area (Å²) in [5, 5.41) is 10.9. The summed E-state index contributed by atoms with van der Waals surface area (Å²) in [7, 11) is 3.03. The Labute approximate surface area is 167 Å². The molecule has 1 aromatic carbocycles. The van der Waals surface area contributed by atoms with Gasteiger partial charge in [-0.05, 0) is 43.6 Å². The third-order valence-electron chi connectivity index (χ3n) is 5.78. The molecule has 0 bridgehead atoms. The average molecular weight is 410 g/mol. The first-order valence-electron chi connectivity index (χ1n) is 9.76. The molecule has 0 aliphatic carbocycles. The van der Waals surface area contributed by atoms with Crippen molar-refractivity contribution in [3.05, 3.63) is 35.5 Å². The second kappa shape index (κ2) is 7.78. The monoisotopic (exact) mass is 410 g/mol. The second-order valence-electron chi connectivity index (χ2n) is 7.53. The number of hydrogen-bond acceptors (Lipinski definition) is 5. The number of nitrogens with one attached hydrogen (secondary N) is 2. The Hall–Kier alpha value is -2.42. The molecule has 1 saturated heterocycles. The molecule has 0 spiro atoms. The number of hydrogen-bond donors (Lipinski definition) is 2. The van der Waals surface area contributed by atoms with Crippen molar-refractivity contribution in [1.82, 2.24) is 15.1 Å². The number of aromatic nitrogens is 2. The number of alkyl halides is 3. The van der Waals surface area contributed by atoms with Crippen molar-refractivity contribution < 1.29 is 22.6 Å². The molecule has 2 aliphatic heterocycles. The number of methoxy groups -OCH3 is 2. The van der Waals surface area contributed by atoms with E-state index in [2.05, 4.69) is 15.7 Å². The van der Waals surface area contributed by atoms with Gasteiger partial charge in [-0.2, -0.15) is 18.3 Å². The average Bonchev–Trinajstić information content (AvgIpc) is 3.16. The molecule has 0 saturated carbocycles. The summed E-state index contributed by atoms with van der Waals surface area (Å²) >= 11 is 0. The van der Waals surface area contributed by atoms with Gasteiger partial charge in [0.2, 0.25) is 0 Å². The highest BCUT2D eigenvalue weighted by atomic mass is 19.4. The number of anilines is 1. The highest BCUT2D eigenvalue weighted by Gasteiger charge is 2.47. The lowest BCUT2D eigenvalue weighted by atomic mass is 9.94. The number of rotatable bonds is 4. The fourth-order valence-corrected chi connectivity index (χ4v) is 4.20. The van der Waals surface area contributed by atoms with Gasteiger partial charge in [-0.1, -0.05) is 6.07 Å². The Morgan fingerprint density at radius 3 is 2.45 bits per heavy atom. The van der Waals surface area contributed by atoms with Crippen LogP contribution >= 0.6 is 0 Å². The molecule has 3 heterocycles. The predicted molar refractivity (Wildman–Crippen MR) is 103 cm³/mol. The standard InChI is InChI=1S/C20H25F3N4O2/c1-28-16-4-3-13(9-17(16)29-2)14-10-18(20(21,22)23)27-19(25-14)11-15(26-27)12-5-7-24-8-6-12/h3-4,9,11-12,14,18,24-25H,5-8,10H2,1-2H3/t14-,18+/m0/s1. The van der Waals surface area contributed by atoms with E-state index in [-0.39, 0.29) is 12.3 Å². The lowest BCUT2D eigenvalue weighted by Gasteiger charge is -2.33. The van der Waals surface area contributed by atoms with Gasteiger partial charge >= 0.3 is 6.18 Å². The first kappa shape index (κ1) is 19.9. The molecule has 2 aromatic rings. The summed E-state index contributed by atoms with van der Waals surface area (Å²) in [6.45, 7) is 1.72. The van der Waals surface area contributed by atoms with Crippen molar-refractivity contribution in [2.24, 2.45) is 0 Å².